The number of aliphatic hydroxyl groups excluding tert-OH is 1. The van der Waals surface area contributed by atoms with Crippen LogP contribution >= 0.6 is 15.9 Å². The molecule has 0 fully saturated rings. The molecular weight excluding hydrogens is 273 g/mol. The largest absolute Gasteiger partial charge is 0.395 e. The summed E-state index contributed by atoms with van der Waals surface area (Å²) in [4.78, 5) is 0. The maximum atomic E-state index is 13.0. The van der Waals surface area contributed by atoms with Crippen LogP contribution in [0.15, 0.2) is 22.7 Å². The van der Waals surface area contributed by atoms with Crippen LogP contribution in [0.5, 0.6) is 0 Å². The Morgan fingerprint density at radius 2 is 2.12 bits per heavy atom. The van der Waals surface area contributed by atoms with Crippen LogP contribution in [-0.4, -0.2) is 17.8 Å². The lowest BCUT2D eigenvalue weighted by atomic mass is 10.1. The first-order valence-electron chi connectivity index (χ1n) is 5.32. The summed E-state index contributed by atoms with van der Waals surface area (Å²) in [5.74, 6) is 0.111. The molecule has 90 valence electrons. The first-order valence-corrected chi connectivity index (χ1v) is 6.12. The van der Waals surface area contributed by atoms with Gasteiger partial charge in [-0.2, -0.15) is 0 Å². The molecule has 1 atom stereocenters. The number of aliphatic hydroxyl groups is 1. The maximum absolute atomic E-state index is 13.0. The van der Waals surface area contributed by atoms with Crippen molar-refractivity contribution in [1.82, 2.24) is 5.32 Å². The lowest BCUT2D eigenvalue weighted by Crippen LogP contribution is -2.36. The lowest BCUT2D eigenvalue weighted by molar-refractivity contribution is 0.210. The van der Waals surface area contributed by atoms with Gasteiger partial charge in [-0.25, -0.2) is 4.39 Å². The van der Waals surface area contributed by atoms with Gasteiger partial charge in [0.25, 0.3) is 0 Å². The van der Waals surface area contributed by atoms with Gasteiger partial charge in [0, 0.05) is 12.6 Å². The Balaban J connectivity index is 2.57. The number of hydrogen-bond donors (Lipinski definition) is 2. The summed E-state index contributed by atoms with van der Waals surface area (Å²) < 4.78 is 13.5. The minimum Gasteiger partial charge on any atom is -0.395 e. The van der Waals surface area contributed by atoms with Crippen LogP contribution in [-0.2, 0) is 6.54 Å². The van der Waals surface area contributed by atoms with Crippen molar-refractivity contribution in [1.29, 1.82) is 0 Å². The summed E-state index contributed by atoms with van der Waals surface area (Å²) in [5, 5.41) is 12.4. The number of hydrogen-bond acceptors (Lipinski definition) is 2. The fourth-order valence-electron chi connectivity index (χ4n) is 1.41. The van der Waals surface area contributed by atoms with Crippen molar-refractivity contribution >= 4 is 15.9 Å². The zero-order chi connectivity index (χ0) is 12.1. The normalized spacial score (nSPS) is 13.1. The van der Waals surface area contributed by atoms with Crippen molar-refractivity contribution in [3.8, 4) is 0 Å². The highest BCUT2D eigenvalue weighted by molar-refractivity contribution is 9.10. The minimum atomic E-state index is -0.258. The smallest absolute Gasteiger partial charge is 0.137 e. The molecule has 0 aliphatic carbocycles. The van der Waals surface area contributed by atoms with Gasteiger partial charge in [-0.3, -0.25) is 0 Å². The third kappa shape index (κ3) is 3.85. The maximum Gasteiger partial charge on any atom is 0.137 e. The summed E-state index contributed by atoms with van der Waals surface area (Å²) in [6, 6.07) is 4.99. The van der Waals surface area contributed by atoms with Crippen molar-refractivity contribution in [2.45, 2.75) is 26.4 Å². The fraction of sp³-hybridized carbons (Fsp3) is 0.500. The van der Waals surface area contributed by atoms with Crippen LogP contribution in [0.1, 0.15) is 19.4 Å². The van der Waals surface area contributed by atoms with Crippen LogP contribution in [0.4, 0.5) is 4.39 Å². The van der Waals surface area contributed by atoms with Crippen molar-refractivity contribution < 1.29 is 9.50 Å². The molecule has 0 saturated carbocycles. The zero-order valence-corrected chi connectivity index (χ0v) is 11.1. The van der Waals surface area contributed by atoms with Crippen molar-refractivity contribution in [3.63, 3.8) is 0 Å². The standard InChI is InChI=1S/C12H17BrFNO/c1-8(2)12(7-16)15-6-9-3-4-11(14)10(13)5-9/h3-5,8,12,15-16H,6-7H2,1-2H3/t12-/m1/s1. The molecule has 0 unspecified atom stereocenters. The average molecular weight is 290 g/mol. The number of nitrogens with one attached hydrogen (secondary N) is 1. The molecule has 2 N–H and O–H groups in total. The lowest BCUT2D eigenvalue weighted by Gasteiger charge is -2.20. The number of benzene rings is 1. The van der Waals surface area contributed by atoms with Crippen molar-refractivity contribution in [3.05, 3.63) is 34.1 Å². The second-order valence-corrected chi connectivity index (χ2v) is 5.02. The fourth-order valence-corrected chi connectivity index (χ4v) is 1.84. The van der Waals surface area contributed by atoms with E-state index in [9.17, 15) is 4.39 Å². The molecule has 16 heavy (non-hydrogen) atoms. The summed E-state index contributed by atoms with van der Waals surface area (Å²) in [5.41, 5.74) is 0.993. The van der Waals surface area contributed by atoms with E-state index in [0.717, 1.165) is 5.56 Å². The molecule has 0 heterocycles. The van der Waals surface area contributed by atoms with E-state index in [2.05, 4.69) is 35.1 Å². The van der Waals surface area contributed by atoms with E-state index >= 15 is 0 Å². The Hall–Kier alpha value is -0.450. The molecule has 1 aromatic rings. The van der Waals surface area contributed by atoms with Gasteiger partial charge in [0.05, 0.1) is 11.1 Å². The second-order valence-electron chi connectivity index (χ2n) is 4.16. The van der Waals surface area contributed by atoms with Crippen LogP contribution < -0.4 is 5.32 Å². The van der Waals surface area contributed by atoms with Gasteiger partial charge in [-0.1, -0.05) is 19.9 Å². The molecule has 0 radical (unpaired) electrons. The van der Waals surface area contributed by atoms with Gasteiger partial charge < -0.3 is 10.4 Å². The first-order chi connectivity index (χ1) is 7.54. The van der Waals surface area contributed by atoms with E-state index in [1.807, 2.05) is 0 Å². The van der Waals surface area contributed by atoms with E-state index in [1.54, 1.807) is 12.1 Å². The molecule has 0 aliphatic heterocycles. The second kappa shape index (κ2) is 6.33. The highest BCUT2D eigenvalue weighted by Gasteiger charge is 2.11. The third-order valence-corrected chi connectivity index (χ3v) is 3.16. The van der Waals surface area contributed by atoms with Gasteiger partial charge >= 0.3 is 0 Å². The Morgan fingerprint density at radius 3 is 2.62 bits per heavy atom. The Morgan fingerprint density at radius 1 is 1.44 bits per heavy atom. The zero-order valence-electron chi connectivity index (χ0n) is 9.50. The van der Waals surface area contributed by atoms with E-state index in [-0.39, 0.29) is 18.5 Å². The molecule has 1 rings (SSSR count). The first kappa shape index (κ1) is 13.6. The summed E-state index contributed by atoms with van der Waals surface area (Å²) in [6.07, 6.45) is 0. The topological polar surface area (TPSA) is 32.3 Å². The van der Waals surface area contributed by atoms with Gasteiger partial charge in [0.2, 0.25) is 0 Å². The predicted molar refractivity (Wildman–Crippen MR) is 66.7 cm³/mol. The van der Waals surface area contributed by atoms with E-state index in [4.69, 9.17) is 5.11 Å². The van der Waals surface area contributed by atoms with E-state index in [0.29, 0.717) is 16.9 Å². The van der Waals surface area contributed by atoms with Crippen LogP contribution in [0, 0.1) is 11.7 Å². The van der Waals surface area contributed by atoms with E-state index in [1.165, 1.54) is 6.07 Å². The average Bonchev–Trinajstić information content (AvgIpc) is 2.23. The van der Waals surface area contributed by atoms with Crippen LogP contribution in [0.2, 0.25) is 0 Å². The molecule has 4 heteroatoms. The van der Waals surface area contributed by atoms with Crippen molar-refractivity contribution in [2.24, 2.45) is 5.92 Å². The Labute approximate surface area is 104 Å². The quantitative estimate of drug-likeness (QED) is 0.874. The molecule has 0 amide bonds. The Bertz CT molecular complexity index is 344. The van der Waals surface area contributed by atoms with Crippen LogP contribution in [0.25, 0.3) is 0 Å². The third-order valence-electron chi connectivity index (χ3n) is 2.55. The highest BCUT2D eigenvalue weighted by Crippen LogP contribution is 2.17. The van der Waals surface area contributed by atoms with Gasteiger partial charge in [0.15, 0.2) is 0 Å². The predicted octanol–water partition coefficient (Wildman–Crippen LogP) is 2.69. The monoisotopic (exact) mass is 289 g/mol. The molecular formula is C12H17BrFNO. The van der Waals surface area contributed by atoms with E-state index < -0.39 is 0 Å². The highest BCUT2D eigenvalue weighted by atomic mass is 79.9. The summed E-state index contributed by atoms with van der Waals surface area (Å²) in [6.45, 7) is 4.84. The molecule has 0 aromatic heterocycles. The Kier molecular flexibility index (Phi) is 5.38. The van der Waals surface area contributed by atoms with Gasteiger partial charge in [-0.05, 0) is 39.5 Å². The summed E-state index contributed by atoms with van der Waals surface area (Å²) >= 11 is 3.15. The molecule has 0 spiro atoms. The molecule has 0 bridgehead atoms. The molecule has 1 aromatic carbocycles. The number of rotatable bonds is 5. The SMILES string of the molecule is CC(C)[C@@H](CO)NCc1ccc(F)c(Br)c1. The van der Waals surface area contributed by atoms with Crippen LogP contribution in [0.3, 0.4) is 0 Å². The summed E-state index contributed by atoms with van der Waals surface area (Å²) in [7, 11) is 0. The number of halogens is 2. The van der Waals surface area contributed by atoms with Gasteiger partial charge in [0.1, 0.15) is 5.82 Å². The molecule has 0 saturated heterocycles. The van der Waals surface area contributed by atoms with Gasteiger partial charge in [-0.15, -0.1) is 0 Å². The minimum absolute atomic E-state index is 0.0730. The molecule has 0 aliphatic rings. The van der Waals surface area contributed by atoms with Crippen molar-refractivity contribution in [2.75, 3.05) is 6.61 Å². The molecule has 2 nitrogen and oxygen atoms in total.